The summed E-state index contributed by atoms with van der Waals surface area (Å²) in [4.78, 5) is 17.3. The van der Waals surface area contributed by atoms with Crippen LogP contribution < -0.4 is 10.1 Å². The number of ether oxygens (including phenoxy) is 1. The third-order valence-electron chi connectivity index (χ3n) is 4.85. The number of anilines is 1. The first-order valence-electron chi connectivity index (χ1n) is 9.67. The average Bonchev–Trinajstić information content (AvgIpc) is 3.13. The second-order valence-corrected chi connectivity index (χ2v) is 8.01. The molecule has 0 unspecified atom stereocenters. The molecule has 1 amide bonds. The Morgan fingerprint density at radius 2 is 1.83 bits per heavy atom. The fourth-order valence-electron chi connectivity index (χ4n) is 3.35. The minimum atomic E-state index is -0.0553. The summed E-state index contributed by atoms with van der Waals surface area (Å²) in [5, 5.41) is 3.78. The molecular formula is C24H23N3O2S. The van der Waals surface area contributed by atoms with Crippen LogP contribution in [0.4, 0.5) is 5.69 Å². The van der Waals surface area contributed by atoms with Crippen molar-refractivity contribution < 1.29 is 9.53 Å². The minimum Gasteiger partial charge on any atom is -0.497 e. The maximum absolute atomic E-state index is 12.6. The van der Waals surface area contributed by atoms with Gasteiger partial charge in [0.15, 0.2) is 5.16 Å². The summed E-state index contributed by atoms with van der Waals surface area (Å²) in [5.41, 5.74) is 5.94. The Hall–Kier alpha value is -3.25. The van der Waals surface area contributed by atoms with Crippen molar-refractivity contribution >= 4 is 34.4 Å². The smallest absolute Gasteiger partial charge is 0.234 e. The van der Waals surface area contributed by atoms with Crippen LogP contribution in [-0.2, 0) is 4.79 Å². The van der Waals surface area contributed by atoms with Gasteiger partial charge in [0.25, 0.3) is 0 Å². The highest BCUT2D eigenvalue weighted by atomic mass is 32.2. The normalized spacial score (nSPS) is 10.9. The number of imidazole rings is 1. The number of amides is 1. The number of thioether (sulfide) groups is 1. The molecule has 6 heteroatoms. The van der Waals surface area contributed by atoms with Crippen molar-refractivity contribution in [2.75, 3.05) is 18.2 Å². The van der Waals surface area contributed by atoms with Gasteiger partial charge < -0.3 is 10.1 Å². The molecule has 3 aromatic carbocycles. The number of methoxy groups -OCH3 is 1. The molecule has 0 saturated carbocycles. The quantitative estimate of drug-likeness (QED) is 0.428. The van der Waals surface area contributed by atoms with Crippen LogP contribution in [0.5, 0.6) is 5.75 Å². The molecule has 1 N–H and O–H groups in total. The van der Waals surface area contributed by atoms with E-state index >= 15 is 0 Å². The van der Waals surface area contributed by atoms with Crippen molar-refractivity contribution in [1.29, 1.82) is 0 Å². The summed E-state index contributed by atoms with van der Waals surface area (Å²) in [6.07, 6.45) is 0. The Balaban J connectivity index is 1.58. The van der Waals surface area contributed by atoms with Gasteiger partial charge in [-0.25, -0.2) is 4.98 Å². The van der Waals surface area contributed by atoms with Crippen molar-refractivity contribution in [3.05, 3.63) is 77.9 Å². The predicted octanol–water partition coefficient (Wildman–Crippen LogP) is 5.38. The zero-order valence-corrected chi connectivity index (χ0v) is 18.0. The van der Waals surface area contributed by atoms with Gasteiger partial charge in [0, 0.05) is 11.4 Å². The van der Waals surface area contributed by atoms with Crippen molar-refractivity contribution in [1.82, 2.24) is 9.55 Å². The molecule has 0 aliphatic heterocycles. The van der Waals surface area contributed by atoms with Gasteiger partial charge in [-0.2, -0.15) is 0 Å². The zero-order chi connectivity index (χ0) is 21.1. The van der Waals surface area contributed by atoms with E-state index in [-0.39, 0.29) is 11.7 Å². The molecular weight excluding hydrogens is 394 g/mol. The van der Waals surface area contributed by atoms with E-state index in [0.29, 0.717) is 0 Å². The van der Waals surface area contributed by atoms with E-state index in [0.717, 1.165) is 38.9 Å². The van der Waals surface area contributed by atoms with Crippen LogP contribution in [0.3, 0.4) is 0 Å². The van der Waals surface area contributed by atoms with Crippen molar-refractivity contribution in [3.63, 3.8) is 0 Å². The number of benzene rings is 3. The first kappa shape index (κ1) is 20.0. The number of nitrogens with one attached hydrogen (secondary N) is 1. The summed E-state index contributed by atoms with van der Waals surface area (Å²) in [6.45, 7) is 4.04. The second kappa shape index (κ2) is 8.63. The Bertz CT molecular complexity index is 1200. The molecule has 0 spiro atoms. The second-order valence-electron chi connectivity index (χ2n) is 7.07. The molecule has 5 nitrogen and oxygen atoms in total. The highest BCUT2D eigenvalue weighted by molar-refractivity contribution is 7.99. The van der Waals surface area contributed by atoms with Crippen molar-refractivity contribution in [2.45, 2.75) is 19.0 Å². The molecule has 1 heterocycles. The number of fused-ring (bicyclic) bond motifs is 1. The van der Waals surface area contributed by atoms with Crippen LogP contribution in [0, 0.1) is 13.8 Å². The third kappa shape index (κ3) is 4.19. The van der Waals surface area contributed by atoms with Crippen LogP contribution in [-0.4, -0.2) is 28.3 Å². The summed E-state index contributed by atoms with van der Waals surface area (Å²) >= 11 is 1.42. The number of hydrogen-bond donors (Lipinski definition) is 1. The summed E-state index contributed by atoms with van der Waals surface area (Å²) in [6, 6.07) is 21.8. The fourth-order valence-corrected chi connectivity index (χ4v) is 4.18. The molecule has 4 aromatic rings. The number of nitrogens with zero attached hydrogens (tertiary/aromatic N) is 2. The number of aryl methyl sites for hydroxylation is 2. The number of aromatic nitrogens is 2. The van der Waals surface area contributed by atoms with Crippen LogP contribution in [0.15, 0.2) is 71.9 Å². The average molecular weight is 418 g/mol. The first-order valence-corrected chi connectivity index (χ1v) is 10.7. The highest BCUT2D eigenvalue weighted by Gasteiger charge is 2.15. The number of para-hydroxylation sites is 2. The lowest BCUT2D eigenvalue weighted by Gasteiger charge is -2.11. The van der Waals surface area contributed by atoms with Gasteiger partial charge in [-0.3, -0.25) is 9.36 Å². The maximum atomic E-state index is 12.6. The molecule has 0 radical (unpaired) electrons. The lowest BCUT2D eigenvalue weighted by molar-refractivity contribution is -0.113. The van der Waals surface area contributed by atoms with E-state index in [4.69, 9.17) is 9.72 Å². The number of carbonyl (C=O) groups excluding carboxylic acids is 1. The van der Waals surface area contributed by atoms with E-state index in [1.807, 2.05) is 74.5 Å². The number of rotatable bonds is 6. The Morgan fingerprint density at radius 1 is 1.07 bits per heavy atom. The molecule has 0 saturated heterocycles. The predicted molar refractivity (Wildman–Crippen MR) is 123 cm³/mol. The third-order valence-corrected chi connectivity index (χ3v) is 5.79. The molecule has 0 bridgehead atoms. The van der Waals surface area contributed by atoms with Gasteiger partial charge in [0.05, 0.1) is 23.9 Å². The summed E-state index contributed by atoms with van der Waals surface area (Å²) < 4.78 is 7.35. The van der Waals surface area contributed by atoms with Gasteiger partial charge in [0.2, 0.25) is 5.91 Å². The van der Waals surface area contributed by atoms with Crippen LogP contribution in [0.25, 0.3) is 16.7 Å². The topological polar surface area (TPSA) is 56.1 Å². The molecule has 0 atom stereocenters. The van der Waals surface area contributed by atoms with E-state index in [1.165, 1.54) is 17.3 Å². The monoisotopic (exact) mass is 417 g/mol. The molecule has 0 fully saturated rings. The fraction of sp³-hybridized carbons (Fsp3) is 0.167. The van der Waals surface area contributed by atoms with Crippen molar-refractivity contribution in [3.8, 4) is 11.4 Å². The number of carbonyl (C=O) groups is 1. The minimum absolute atomic E-state index is 0.0553. The lowest BCUT2D eigenvalue weighted by Crippen LogP contribution is -2.15. The Labute approximate surface area is 180 Å². The molecule has 0 aliphatic carbocycles. The molecule has 4 rings (SSSR count). The largest absolute Gasteiger partial charge is 0.497 e. The summed E-state index contributed by atoms with van der Waals surface area (Å²) in [5.74, 6) is 1.01. The van der Waals surface area contributed by atoms with Crippen LogP contribution in [0.2, 0.25) is 0 Å². The standard InChI is InChI=1S/C24H23N3O2S/c1-16-8-13-20(17(2)14-16)25-23(28)15-30-24-26-21-6-4-5-7-22(21)27(24)18-9-11-19(29-3)12-10-18/h4-14H,15H2,1-3H3,(H,25,28). The van der Waals surface area contributed by atoms with Crippen LogP contribution >= 0.6 is 11.8 Å². The first-order chi connectivity index (χ1) is 14.5. The van der Waals surface area contributed by atoms with Crippen molar-refractivity contribution in [2.24, 2.45) is 0 Å². The number of hydrogen-bond acceptors (Lipinski definition) is 4. The van der Waals surface area contributed by atoms with Crippen LogP contribution in [0.1, 0.15) is 11.1 Å². The highest BCUT2D eigenvalue weighted by Crippen LogP contribution is 2.29. The zero-order valence-electron chi connectivity index (χ0n) is 17.2. The maximum Gasteiger partial charge on any atom is 0.234 e. The van der Waals surface area contributed by atoms with Gasteiger partial charge in [0.1, 0.15) is 5.75 Å². The Morgan fingerprint density at radius 3 is 2.57 bits per heavy atom. The summed E-state index contributed by atoms with van der Waals surface area (Å²) in [7, 11) is 1.65. The van der Waals surface area contributed by atoms with E-state index < -0.39 is 0 Å². The lowest BCUT2D eigenvalue weighted by atomic mass is 10.1. The SMILES string of the molecule is COc1ccc(-n2c(SCC(=O)Nc3ccc(C)cc3C)nc3ccccc32)cc1. The molecule has 1 aromatic heterocycles. The van der Waals surface area contributed by atoms with E-state index in [9.17, 15) is 4.79 Å². The van der Waals surface area contributed by atoms with Gasteiger partial charge in [-0.05, 0) is 61.9 Å². The van der Waals surface area contributed by atoms with Gasteiger partial charge in [-0.15, -0.1) is 0 Å². The Kier molecular flexibility index (Phi) is 5.77. The molecule has 0 aliphatic rings. The molecule has 152 valence electrons. The van der Waals surface area contributed by atoms with Gasteiger partial charge in [-0.1, -0.05) is 41.6 Å². The molecule has 30 heavy (non-hydrogen) atoms. The van der Waals surface area contributed by atoms with Gasteiger partial charge >= 0.3 is 0 Å². The van der Waals surface area contributed by atoms with E-state index in [2.05, 4.69) is 16.0 Å². The van der Waals surface area contributed by atoms with E-state index in [1.54, 1.807) is 7.11 Å².